The fourth-order valence-corrected chi connectivity index (χ4v) is 4.04. The Hall–Kier alpha value is -2.10. The van der Waals surface area contributed by atoms with Crippen molar-refractivity contribution in [1.29, 1.82) is 5.26 Å². The van der Waals surface area contributed by atoms with E-state index in [1.807, 2.05) is 36.6 Å². The molecule has 0 spiro atoms. The first-order chi connectivity index (χ1) is 11.1. The third-order valence-corrected chi connectivity index (χ3v) is 5.54. The lowest BCUT2D eigenvalue weighted by Crippen LogP contribution is -2.20. The Morgan fingerprint density at radius 3 is 2.78 bits per heavy atom. The molecule has 0 amide bonds. The van der Waals surface area contributed by atoms with E-state index in [4.69, 9.17) is 0 Å². The van der Waals surface area contributed by atoms with Gasteiger partial charge in [-0.15, -0.1) is 11.3 Å². The van der Waals surface area contributed by atoms with E-state index in [0.717, 1.165) is 10.4 Å². The van der Waals surface area contributed by atoms with Crippen LogP contribution in [0.4, 0.5) is 0 Å². The van der Waals surface area contributed by atoms with Crippen molar-refractivity contribution in [2.75, 3.05) is 0 Å². The van der Waals surface area contributed by atoms with Crippen LogP contribution in [0.15, 0.2) is 45.7 Å². The van der Waals surface area contributed by atoms with E-state index < -0.39 is 0 Å². The Morgan fingerprint density at radius 1 is 1.35 bits per heavy atom. The highest BCUT2D eigenvalue weighted by Crippen LogP contribution is 2.25. The highest BCUT2D eigenvalue weighted by atomic mass is 32.2. The maximum atomic E-state index is 12.3. The van der Waals surface area contributed by atoms with Crippen LogP contribution >= 0.6 is 23.1 Å². The quantitative estimate of drug-likeness (QED) is 0.538. The van der Waals surface area contributed by atoms with Gasteiger partial charge >= 0.3 is 0 Å². The molecule has 2 heterocycles. The third-order valence-electron chi connectivity index (χ3n) is 3.60. The Labute approximate surface area is 142 Å². The van der Waals surface area contributed by atoms with Crippen molar-refractivity contribution in [2.45, 2.75) is 23.8 Å². The van der Waals surface area contributed by atoms with Crippen molar-refractivity contribution in [3.8, 4) is 6.07 Å². The van der Waals surface area contributed by atoms with E-state index in [1.165, 1.54) is 33.2 Å². The van der Waals surface area contributed by atoms with Crippen LogP contribution in [0, 0.1) is 18.3 Å². The van der Waals surface area contributed by atoms with Gasteiger partial charge in [0, 0.05) is 7.05 Å². The van der Waals surface area contributed by atoms with E-state index in [-0.39, 0.29) is 10.8 Å². The van der Waals surface area contributed by atoms with E-state index >= 15 is 0 Å². The Balaban J connectivity index is 1.87. The molecule has 6 heteroatoms. The second kappa shape index (κ2) is 6.57. The van der Waals surface area contributed by atoms with Crippen LogP contribution < -0.4 is 5.56 Å². The third kappa shape index (κ3) is 3.31. The fourth-order valence-electron chi connectivity index (χ4n) is 2.26. The van der Waals surface area contributed by atoms with Crippen molar-refractivity contribution in [3.63, 3.8) is 0 Å². The highest BCUT2D eigenvalue weighted by Gasteiger charge is 2.16. The number of aromatic nitrogens is 2. The van der Waals surface area contributed by atoms with Gasteiger partial charge in [0.2, 0.25) is 0 Å². The molecule has 0 saturated carbocycles. The molecule has 1 aromatic carbocycles. The summed E-state index contributed by atoms with van der Waals surface area (Å²) in [7, 11) is 1.70. The smallest absolute Gasteiger partial charge is 0.262 e. The summed E-state index contributed by atoms with van der Waals surface area (Å²) < 4.78 is 1.53. The summed E-state index contributed by atoms with van der Waals surface area (Å²) in [6, 6.07) is 12.3. The van der Waals surface area contributed by atoms with Crippen molar-refractivity contribution >= 4 is 33.3 Å². The Kier molecular flexibility index (Phi) is 4.51. The van der Waals surface area contributed by atoms with Gasteiger partial charge in [0.05, 0.1) is 11.5 Å². The van der Waals surface area contributed by atoms with Crippen molar-refractivity contribution in [2.24, 2.45) is 7.05 Å². The summed E-state index contributed by atoms with van der Waals surface area (Å²) in [5.74, 6) is 0. The first-order valence-electron chi connectivity index (χ1n) is 7.14. The van der Waals surface area contributed by atoms with Crippen LogP contribution in [0.1, 0.15) is 11.1 Å². The van der Waals surface area contributed by atoms with Crippen LogP contribution in [0.3, 0.4) is 0 Å². The number of hydrogen-bond acceptors (Lipinski definition) is 5. The Morgan fingerprint density at radius 2 is 2.09 bits per heavy atom. The number of rotatable bonds is 4. The average Bonchev–Trinajstić information content (AvgIpc) is 3.02. The Bertz CT molecular complexity index is 935. The van der Waals surface area contributed by atoms with Crippen molar-refractivity contribution in [3.05, 3.63) is 57.2 Å². The number of thiophene rings is 1. The summed E-state index contributed by atoms with van der Waals surface area (Å²) in [6.07, 6.45) is 0.625. The van der Waals surface area contributed by atoms with Gasteiger partial charge in [0.25, 0.3) is 5.56 Å². The largest absolute Gasteiger partial charge is 0.290 e. The van der Waals surface area contributed by atoms with Gasteiger partial charge in [0.1, 0.15) is 10.1 Å². The van der Waals surface area contributed by atoms with Gasteiger partial charge in [-0.25, -0.2) is 4.98 Å². The molecule has 0 N–H and O–H groups in total. The molecular weight excluding hydrogens is 326 g/mol. The number of benzene rings is 1. The van der Waals surface area contributed by atoms with Crippen LogP contribution in [-0.4, -0.2) is 14.8 Å². The predicted molar refractivity (Wildman–Crippen MR) is 95.0 cm³/mol. The van der Waals surface area contributed by atoms with E-state index in [2.05, 4.69) is 11.1 Å². The zero-order valence-electron chi connectivity index (χ0n) is 12.8. The molecule has 0 aliphatic rings. The van der Waals surface area contributed by atoms with Crippen LogP contribution in [0.5, 0.6) is 0 Å². The van der Waals surface area contributed by atoms with Gasteiger partial charge in [-0.1, -0.05) is 41.6 Å². The second-order valence-corrected chi connectivity index (χ2v) is 7.39. The SMILES string of the molecule is Cc1ccc(CC(C#N)Sc2nc3sccc3c(=O)n2C)cc1. The zero-order valence-corrected chi connectivity index (χ0v) is 14.4. The molecule has 0 saturated heterocycles. The summed E-state index contributed by atoms with van der Waals surface area (Å²) in [5, 5.41) is 12.3. The average molecular weight is 341 g/mol. The lowest BCUT2D eigenvalue weighted by Gasteiger charge is -2.11. The number of thioether (sulfide) groups is 1. The summed E-state index contributed by atoms with van der Waals surface area (Å²) >= 11 is 2.79. The molecule has 23 heavy (non-hydrogen) atoms. The van der Waals surface area contributed by atoms with E-state index in [0.29, 0.717) is 17.0 Å². The van der Waals surface area contributed by atoms with Crippen LogP contribution in [-0.2, 0) is 13.5 Å². The lowest BCUT2D eigenvalue weighted by molar-refractivity contribution is 0.726. The van der Waals surface area contributed by atoms with Gasteiger partial charge < -0.3 is 0 Å². The molecule has 1 unspecified atom stereocenters. The molecule has 3 aromatic rings. The number of nitriles is 1. The zero-order chi connectivity index (χ0) is 16.4. The van der Waals surface area contributed by atoms with Crippen LogP contribution in [0.25, 0.3) is 10.2 Å². The minimum atomic E-state index is -0.284. The molecule has 0 fully saturated rings. The summed E-state index contributed by atoms with van der Waals surface area (Å²) in [5.41, 5.74) is 2.24. The molecule has 0 bridgehead atoms. The van der Waals surface area contributed by atoms with Crippen LogP contribution in [0.2, 0.25) is 0 Å². The molecular formula is C17H15N3OS2. The normalized spacial score (nSPS) is 12.2. The van der Waals surface area contributed by atoms with E-state index in [9.17, 15) is 10.1 Å². The van der Waals surface area contributed by atoms with Gasteiger partial charge in [-0.3, -0.25) is 9.36 Å². The van der Waals surface area contributed by atoms with Crippen molar-refractivity contribution in [1.82, 2.24) is 9.55 Å². The molecule has 4 nitrogen and oxygen atoms in total. The highest BCUT2D eigenvalue weighted by molar-refractivity contribution is 8.00. The molecule has 0 aliphatic carbocycles. The summed E-state index contributed by atoms with van der Waals surface area (Å²) in [6.45, 7) is 2.04. The molecule has 116 valence electrons. The number of fused-ring (bicyclic) bond motifs is 1. The molecule has 0 radical (unpaired) electrons. The topological polar surface area (TPSA) is 58.7 Å². The molecule has 1 atom stereocenters. The molecule has 2 aromatic heterocycles. The minimum Gasteiger partial charge on any atom is -0.290 e. The van der Waals surface area contributed by atoms with Gasteiger partial charge in [-0.2, -0.15) is 5.26 Å². The number of nitrogens with zero attached hydrogens (tertiary/aromatic N) is 3. The fraction of sp³-hybridized carbons (Fsp3) is 0.235. The number of aryl methyl sites for hydroxylation is 1. The maximum absolute atomic E-state index is 12.3. The first-order valence-corrected chi connectivity index (χ1v) is 8.90. The lowest BCUT2D eigenvalue weighted by atomic mass is 10.1. The van der Waals surface area contributed by atoms with E-state index in [1.54, 1.807) is 13.1 Å². The molecule has 3 rings (SSSR count). The molecule has 0 aliphatic heterocycles. The van der Waals surface area contributed by atoms with Gasteiger partial charge in [-0.05, 0) is 30.4 Å². The monoisotopic (exact) mass is 341 g/mol. The predicted octanol–water partition coefficient (Wildman–Crippen LogP) is 3.53. The standard InChI is InChI=1S/C17H15N3OS2/c1-11-3-5-12(6-4-11)9-13(10-18)23-17-19-15-14(7-8-22-15)16(21)20(17)2/h3-8,13H,9H2,1-2H3. The minimum absolute atomic E-state index is 0.0641. The second-order valence-electron chi connectivity index (χ2n) is 5.32. The summed E-state index contributed by atoms with van der Waals surface area (Å²) in [4.78, 5) is 17.6. The maximum Gasteiger partial charge on any atom is 0.262 e. The first kappa shape index (κ1) is 15.8. The number of hydrogen-bond donors (Lipinski definition) is 0. The van der Waals surface area contributed by atoms with Gasteiger partial charge in [0.15, 0.2) is 5.16 Å². The van der Waals surface area contributed by atoms with Crippen molar-refractivity contribution < 1.29 is 0 Å².